The van der Waals surface area contributed by atoms with Crippen molar-refractivity contribution in [3.05, 3.63) is 389 Å². The average molecular weight is 1740 g/mol. The van der Waals surface area contributed by atoms with Crippen LogP contribution in [0.4, 0.5) is 132 Å². The zero-order valence-corrected chi connectivity index (χ0v) is 64.7. The van der Waals surface area contributed by atoms with Crippen LogP contribution >= 0.6 is 13.6 Å². The first-order valence-corrected chi connectivity index (χ1v) is 45.7. The summed E-state index contributed by atoms with van der Waals surface area (Å²) in [7, 11) is -12.3. The summed E-state index contributed by atoms with van der Waals surface area (Å²) < 4.78 is 511. The molecule has 0 N–H and O–H groups in total. The standard InChI is InChI=1S/C68H34B2F30P2Si2.2C7H8/c1-103(2)31(25-69(33-39(71)51(83)63(95)52(84)40(33)72,34-41(73)53(85)64(96)54(86)42(34)74)35-43(75)55(87)65(97)56(88)44(35)76)102(29-21-13-7-14-22-29,30-23-15-8-16-24-30)104(3,4)32(101(103,27-17-9-5-10-18-27)28-19-11-6-12-20-28)26-70(36-45(77)57(89)66(98)58(90)46(36)78,37-47(79)59(91)67(99)60(92)48(37)80)38-49(81)61(93)68(100)62(94)50(38)82;2*1-7-5-3-2-4-6-7/h5-26H,1-4H3;2*2-6H,1H3/b31-25-,32-26-;;. The molecule has 612 valence electrons. The molecular formula is C82H50B2F30P2Si2. The van der Waals surface area contributed by atoms with Gasteiger partial charge in [0.2, 0.25) is 0 Å². The molecule has 1 aliphatic heterocycles. The normalized spacial score (nSPS) is 14.9. The SMILES string of the molecule is C[Si]1(C)/C(=C\[B-](c2c(F)c(F)c(F)c(F)c2F)(c2c(F)c(F)c(F)c(F)c2F)c2c(F)c(F)c(F)c(F)c2F)[P+](c2ccccc2)(c2ccccc2)[Si](C)(C)/C(=C\[B-](c2c(F)c(F)c(F)c(F)c2F)(c2c(F)c(F)c(F)c(F)c2F)c2c(F)c(F)c(F)c(F)c2F)[P+]1(c1ccccc1)c1ccccc1.Cc1ccccc1.Cc1ccccc1. The molecule has 0 spiro atoms. The fourth-order valence-corrected chi connectivity index (χ4v) is 68.4. The Balaban J connectivity index is 0.000000882. The second-order valence-corrected chi connectivity index (χ2v) is 52.6. The van der Waals surface area contributed by atoms with Crippen LogP contribution in [-0.2, 0) is 0 Å². The second-order valence-electron chi connectivity index (χ2n) is 28.0. The van der Waals surface area contributed by atoms with Crippen molar-refractivity contribution in [3.63, 3.8) is 0 Å². The molecule has 0 unspecified atom stereocenters. The maximum Gasteiger partial charge on any atom is 0.301 e. The van der Waals surface area contributed by atoms with Crippen molar-refractivity contribution in [1.29, 1.82) is 0 Å². The molecule has 13 rings (SSSR count). The Morgan fingerprint density at radius 2 is 0.305 bits per heavy atom. The summed E-state index contributed by atoms with van der Waals surface area (Å²) in [5.74, 6) is -105. The van der Waals surface area contributed by atoms with Crippen molar-refractivity contribution in [1.82, 2.24) is 0 Å². The van der Waals surface area contributed by atoms with Crippen LogP contribution in [0.3, 0.4) is 0 Å². The van der Waals surface area contributed by atoms with Gasteiger partial charge in [0.25, 0.3) is 0 Å². The minimum atomic E-state index is -6.97. The molecule has 0 bridgehead atoms. The lowest BCUT2D eigenvalue weighted by Gasteiger charge is -2.58. The molecular weight excluding hydrogens is 1690 g/mol. The first-order valence-electron chi connectivity index (χ1n) is 34.4. The van der Waals surface area contributed by atoms with E-state index in [4.69, 9.17) is 0 Å². The van der Waals surface area contributed by atoms with Crippen LogP contribution in [0.25, 0.3) is 0 Å². The predicted molar refractivity (Wildman–Crippen MR) is 398 cm³/mol. The first kappa shape index (κ1) is 88.3. The van der Waals surface area contributed by atoms with Crippen LogP contribution in [0.5, 0.6) is 0 Å². The Hall–Kier alpha value is -10.6. The van der Waals surface area contributed by atoms with Gasteiger partial charge in [-0.15, -0.1) is 32.8 Å². The Kier molecular flexibility index (Phi) is 24.7. The van der Waals surface area contributed by atoms with E-state index in [1.807, 2.05) is 36.4 Å². The molecule has 0 aliphatic carbocycles. The maximum absolute atomic E-state index is 18.0. The smallest absolute Gasteiger partial charge is 0.207 e. The van der Waals surface area contributed by atoms with Crippen molar-refractivity contribution >= 4 is 95.4 Å². The van der Waals surface area contributed by atoms with Gasteiger partial charge in [0.05, 0.1) is 44.7 Å². The molecule has 12 aromatic carbocycles. The van der Waals surface area contributed by atoms with Gasteiger partial charge in [-0.2, -0.15) is 12.0 Å². The Morgan fingerprint density at radius 1 is 0.186 bits per heavy atom. The van der Waals surface area contributed by atoms with E-state index in [1.165, 1.54) is 11.1 Å². The van der Waals surface area contributed by atoms with Crippen LogP contribution in [0.2, 0.25) is 26.2 Å². The molecule has 0 radical (unpaired) electrons. The Bertz CT molecular complexity index is 5100. The zero-order valence-electron chi connectivity index (χ0n) is 60.9. The molecule has 0 aromatic heterocycles. The number of hydrogen-bond donors (Lipinski definition) is 0. The lowest BCUT2D eigenvalue weighted by atomic mass is 9.15. The second kappa shape index (κ2) is 33.0. The van der Waals surface area contributed by atoms with Crippen molar-refractivity contribution in [2.24, 2.45) is 0 Å². The number of halogens is 30. The van der Waals surface area contributed by atoms with Gasteiger partial charge in [-0.1, -0.05) is 145 Å². The number of hydrogen-bond acceptors (Lipinski definition) is 0. The highest BCUT2D eigenvalue weighted by Gasteiger charge is 2.82. The van der Waals surface area contributed by atoms with E-state index in [0.717, 1.165) is 148 Å². The molecule has 0 saturated carbocycles. The predicted octanol–water partition coefficient (Wildman–Crippen LogP) is 20.2. The van der Waals surface area contributed by atoms with E-state index in [-0.39, 0.29) is 12.0 Å². The third kappa shape index (κ3) is 13.4. The molecule has 0 atom stereocenters. The van der Waals surface area contributed by atoms with Gasteiger partial charge in [0.1, 0.15) is 82.1 Å². The van der Waals surface area contributed by atoms with Crippen LogP contribution in [-0.4, -0.2) is 27.8 Å². The fraction of sp³-hybridized carbons (Fsp3) is 0.0732. The van der Waals surface area contributed by atoms with Gasteiger partial charge in [0.15, 0.2) is 105 Å². The summed E-state index contributed by atoms with van der Waals surface area (Å²) in [6.07, 6.45) is -13.9. The molecule has 0 nitrogen and oxygen atoms in total. The van der Waals surface area contributed by atoms with E-state index < -0.39 is 280 Å². The number of aryl methyl sites for hydroxylation is 2. The summed E-state index contributed by atoms with van der Waals surface area (Å²) in [5.41, 5.74) is -16.7. The van der Waals surface area contributed by atoms with Gasteiger partial charge < -0.3 is 0 Å². The molecule has 1 aliphatic rings. The molecule has 118 heavy (non-hydrogen) atoms. The molecule has 36 heteroatoms. The lowest BCUT2D eigenvalue weighted by Crippen LogP contribution is -2.74. The first-order chi connectivity index (χ1) is 55.4. The molecule has 12 aromatic rings. The summed E-state index contributed by atoms with van der Waals surface area (Å²) in [5, 5.41) is -2.51. The van der Waals surface area contributed by atoms with Crippen molar-refractivity contribution < 1.29 is 132 Å². The van der Waals surface area contributed by atoms with Gasteiger partial charge in [-0.25, -0.2) is 132 Å². The van der Waals surface area contributed by atoms with Gasteiger partial charge >= 0.3 is 15.5 Å². The van der Waals surface area contributed by atoms with E-state index in [2.05, 4.69) is 38.1 Å². The molecule has 1 fully saturated rings. The van der Waals surface area contributed by atoms with E-state index in [1.54, 1.807) is 0 Å². The van der Waals surface area contributed by atoms with Gasteiger partial charge in [0, 0.05) is 0 Å². The third-order valence-corrected chi connectivity index (χ3v) is 57.2. The van der Waals surface area contributed by atoms with Crippen LogP contribution in [0.15, 0.2) is 204 Å². The van der Waals surface area contributed by atoms with Crippen molar-refractivity contribution in [3.8, 4) is 0 Å². The highest BCUT2D eigenvalue weighted by molar-refractivity contribution is 8.36. The monoisotopic (exact) mass is 1740 g/mol. The van der Waals surface area contributed by atoms with E-state index in [0.29, 0.717) is 0 Å². The summed E-state index contributed by atoms with van der Waals surface area (Å²) >= 11 is 0. The van der Waals surface area contributed by atoms with E-state index in [9.17, 15) is 0 Å². The molecule has 1 heterocycles. The molecule has 1 saturated heterocycles. The van der Waals surface area contributed by atoms with Crippen LogP contribution in [0, 0.1) is 188 Å². The summed E-state index contributed by atoms with van der Waals surface area (Å²) in [4.78, 5) is -2.37. The largest absolute Gasteiger partial charge is 0.301 e. The molecule has 0 amide bonds. The Labute approximate surface area is 653 Å². The minimum Gasteiger partial charge on any atom is -0.207 e. The lowest BCUT2D eigenvalue weighted by molar-refractivity contribution is 0.379. The minimum absolute atomic E-state index is 0.308. The Morgan fingerprint density at radius 3 is 0.424 bits per heavy atom. The summed E-state index contributed by atoms with van der Waals surface area (Å²) in [6, 6.07) is 40.3. The highest BCUT2D eigenvalue weighted by Crippen LogP contribution is 2.90. The number of benzene rings is 12. The third-order valence-electron chi connectivity index (χ3n) is 21.1. The maximum atomic E-state index is 18.0. The fourth-order valence-electron chi connectivity index (χ4n) is 16.2. The highest BCUT2D eigenvalue weighted by atomic mass is 31.5. The zero-order chi connectivity index (χ0) is 87.0. The van der Waals surface area contributed by atoms with Crippen LogP contribution < -0.4 is 54.0 Å². The summed E-state index contributed by atoms with van der Waals surface area (Å²) in [6.45, 7) is -3.93. The van der Waals surface area contributed by atoms with Crippen molar-refractivity contribution in [2.75, 3.05) is 0 Å². The van der Waals surface area contributed by atoms with Crippen molar-refractivity contribution in [2.45, 2.75) is 40.0 Å². The van der Waals surface area contributed by atoms with Gasteiger partial charge in [-0.05, 0) is 88.6 Å². The average Bonchev–Trinajstić information content (AvgIpc) is 0.646. The number of rotatable bonds is 12. The van der Waals surface area contributed by atoms with E-state index >= 15 is 132 Å². The quantitative estimate of drug-likeness (QED) is 0.0376. The van der Waals surface area contributed by atoms with Crippen LogP contribution in [0.1, 0.15) is 11.1 Å². The van der Waals surface area contributed by atoms with Gasteiger partial charge in [-0.3, -0.25) is 0 Å². The topological polar surface area (TPSA) is 0 Å².